The van der Waals surface area contributed by atoms with Gasteiger partial charge in [0.25, 0.3) is 0 Å². The lowest BCUT2D eigenvalue weighted by Crippen LogP contribution is -2.33. The molecule has 2 aromatic carbocycles. The summed E-state index contributed by atoms with van der Waals surface area (Å²) in [6.45, 7) is 1.68. The Balaban J connectivity index is 1.84. The van der Waals surface area contributed by atoms with Crippen molar-refractivity contribution < 1.29 is 14.0 Å². The van der Waals surface area contributed by atoms with Crippen molar-refractivity contribution in [3.8, 4) is 0 Å². The third-order valence-corrected chi connectivity index (χ3v) is 3.41. The molecule has 0 aromatic heterocycles. The van der Waals surface area contributed by atoms with Crippen LogP contribution in [0.25, 0.3) is 0 Å². The molecule has 120 valence electrons. The summed E-state index contributed by atoms with van der Waals surface area (Å²) >= 11 is 5.88. The monoisotopic (exact) mass is 334 g/mol. The third kappa shape index (κ3) is 5.38. The quantitative estimate of drug-likeness (QED) is 0.882. The lowest BCUT2D eigenvalue weighted by molar-refractivity contribution is -0.123. The van der Waals surface area contributed by atoms with E-state index in [-0.39, 0.29) is 24.8 Å². The van der Waals surface area contributed by atoms with Gasteiger partial charge in [-0.1, -0.05) is 29.8 Å². The lowest BCUT2D eigenvalue weighted by Gasteiger charge is -2.10. The van der Waals surface area contributed by atoms with E-state index < -0.39 is 5.82 Å². The fourth-order valence-corrected chi connectivity index (χ4v) is 2.17. The number of halogens is 2. The summed E-state index contributed by atoms with van der Waals surface area (Å²) in [5, 5.41) is 5.69. The highest BCUT2D eigenvalue weighted by molar-refractivity contribution is 6.31. The van der Waals surface area contributed by atoms with Gasteiger partial charge in [0.05, 0.1) is 13.0 Å². The van der Waals surface area contributed by atoms with E-state index in [4.69, 9.17) is 11.6 Å². The SMILES string of the molecule is Cc1ccc(Cl)cc1NC(=O)CNC(=O)Cc1cccc(F)c1. The van der Waals surface area contributed by atoms with E-state index in [9.17, 15) is 14.0 Å². The fourth-order valence-electron chi connectivity index (χ4n) is 2.00. The molecule has 0 bridgehead atoms. The van der Waals surface area contributed by atoms with Gasteiger partial charge in [0.15, 0.2) is 0 Å². The Morgan fingerprint density at radius 1 is 1.13 bits per heavy atom. The van der Waals surface area contributed by atoms with Crippen LogP contribution in [0.5, 0.6) is 0 Å². The zero-order valence-electron chi connectivity index (χ0n) is 12.5. The Hall–Kier alpha value is -2.40. The topological polar surface area (TPSA) is 58.2 Å². The van der Waals surface area contributed by atoms with Crippen LogP contribution in [0.15, 0.2) is 42.5 Å². The van der Waals surface area contributed by atoms with Crippen LogP contribution >= 0.6 is 11.6 Å². The first-order chi connectivity index (χ1) is 10.9. The molecule has 0 atom stereocenters. The zero-order chi connectivity index (χ0) is 16.8. The Bertz CT molecular complexity index is 734. The average Bonchev–Trinajstić information content (AvgIpc) is 2.49. The van der Waals surface area contributed by atoms with Gasteiger partial charge in [0.2, 0.25) is 11.8 Å². The van der Waals surface area contributed by atoms with Crippen molar-refractivity contribution in [2.75, 3.05) is 11.9 Å². The molecule has 23 heavy (non-hydrogen) atoms. The summed E-state index contributed by atoms with van der Waals surface area (Å²) in [7, 11) is 0. The number of hydrogen-bond acceptors (Lipinski definition) is 2. The molecule has 2 aromatic rings. The second-order valence-corrected chi connectivity index (χ2v) is 5.53. The summed E-state index contributed by atoms with van der Waals surface area (Å²) in [6, 6.07) is 10.9. The van der Waals surface area contributed by atoms with Gasteiger partial charge in [-0.25, -0.2) is 4.39 Å². The molecule has 6 heteroatoms. The molecule has 4 nitrogen and oxygen atoms in total. The second kappa shape index (κ2) is 7.74. The summed E-state index contributed by atoms with van der Waals surface area (Å²) in [4.78, 5) is 23.6. The predicted molar refractivity (Wildman–Crippen MR) is 87.9 cm³/mol. The van der Waals surface area contributed by atoms with Crippen LogP contribution in [0.3, 0.4) is 0 Å². The van der Waals surface area contributed by atoms with E-state index in [2.05, 4.69) is 10.6 Å². The van der Waals surface area contributed by atoms with E-state index in [0.29, 0.717) is 16.3 Å². The van der Waals surface area contributed by atoms with E-state index in [0.717, 1.165) is 5.56 Å². The molecule has 0 radical (unpaired) electrons. The van der Waals surface area contributed by atoms with Crippen LogP contribution in [0.2, 0.25) is 5.02 Å². The molecule has 0 heterocycles. The normalized spacial score (nSPS) is 10.2. The highest BCUT2D eigenvalue weighted by atomic mass is 35.5. The number of rotatable bonds is 5. The van der Waals surface area contributed by atoms with Crippen molar-refractivity contribution in [1.29, 1.82) is 0 Å². The number of carbonyl (C=O) groups excluding carboxylic acids is 2. The van der Waals surface area contributed by atoms with Gasteiger partial charge in [0.1, 0.15) is 5.82 Å². The molecule has 2 N–H and O–H groups in total. The molecular weight excluding hydrogens is 319 g/mol. The maximum absolute atomic E-state index is 13.0. The van der Waals surface area contributed by atoms with E-state index in [1.165, 1.54) is 18.2 Å². The molecule has 0 fully saturated rings. The van der Waals surface area contributed by atoms with Gasteiger partial charge >= 0.3 is 0 Å². The van der Waals surface area contributed by atoms with Crippen molar-refractivity contribution in [2.24, 2.45) is 0 Å². The molecule has 0 saturated heterocycles. The molecule has 0 aliphatic carbocycles. The Morgan fingerprint density at radius 2 is 1.91 bits per heavy atom. The number of anilines is 1. The van der Waals surface area contributed by atoms with Crippen molar-refractivity contribution in [3.63, 3.8) is 0 Å². The molecule has 0 aliphatic heterocycles. The first-order valence-electron chi connectivity index (χ1n) is 7.01. The first-order valence-corrected chi connectivity index (χ1v) is 7.39. The summed E-state index contributed by atoms with van der Waals surface area (Å²) in [6.07, 6.45) is 0.0151. The van der Waals surface area contributed by atoms with Crippen LogP contribution in [0, 0.1) is 12.7 Å². The third-order valence-electron chi connectivity index (χ3n) is 3.17. The summed E-state index contributed by atoms with van der Waals surface area (Å²) in [5.74, 6) is -1.11. The fraction of sp³-hybridized carbons (Fsp3) is 0.176. The number of nitrogens with one attached hydrogen (secondary N) is 2. The van der Waals surface area contributed by atoms with Crippen LogP contribution in [0.4, 0.5) is 10.1 Å². The number of benzene rings is 2. The van der Waals surface area contributed by atoms with Gasteiger partial charge in [0, 0.05) is 10.7 Å². The standard InChI is InChI=1S/C17H16ClFN2O2/c1-11-5-6-13(18)9-15(11)21-17(23)10-20-16(22)8-12-3-2-4-14(19)7-12/h2-7,9H,8,10H2,1H3,(H,20,22)(H,21,23). The zero-order valence-corrected chi connectivity index (χ0v) is 13.3. The Morgan fingerprint density at radius 3 is 2.65 bits per heavy atom. The molecule has 0 aliphatic rings. The molecule has 0 saturated carbocycles. The molecule has 0 unspecified atom stereocenters. The highest BCUT2D eigenvalue weighted by Crippen LogP contribution is 2.19. The van der Waals surface area contributed by atoms with E-state index >= 15 is 0 Å². The van der Waals surface area contributed by atoms with Gasteiger partial charge in [-0.15, -0.1) is 0 Å². The van der Waals surface area contributed by atoms with E-state index in [1.54, 1.807) is 24.3 Å². The summed E-state index contributed by atoms with van der Waals surface area (Å²) in [5.41, 5.74) is 2.02. The van der Waals surface area contributed by atoms with Crippen LogP contribution in [0.1, 0.15) is 11.1 Å². The Kier molecular flexibility index (Phi) is 5.71. The van der Waals surface area contributed by atoms with Crippen LogP contribution in [-0.2, 0) is 16.0 Å². The van der Waals surface area contributed by atoms with Crippen molar-refractivity contribution in [2.45, 2.75) is 13.3 Å². The number of hydrogen-bond donors (Lipinski definition) is 2. The van der Waals surface area contributed by atoms with Gasteiger partial charge in [-0.3, -0.25) is 9.59 Å². The summed E-state index contributed by atoms with van der Waals surface area (Å²) < 4.78 is 13.0. The van der Waals surface area contributed by atoms with Gasteiger partial charge < -0.3 is 10.6 Å². The first kappa shape index (κ1) is 17.0. The van der Waals surface area contributed by atoms with Crippen LogP contribution < -0.4 is 10.6 Å². The second-order valence-electron chi connectivity index (χ2n) is 5.09. The van der Waals surface area contributed by atoms with Crippen LogP contribution in [-0.4, -0.2) is 18.4 Å². The van der Waals surface area contributed by atoms with Gasteiger partial charge in [-0.2, -0.15) is 0 Å². The maximum atomic E-state index is 13.0. The van der Waals surface area contributed by atoms with Crippen molar-refractivity contribution in [1.82, 2.24) is 5.32 Å². The largest absolute Gasteiger partial charge is 0.347 e. The molecule has 0 spiro atoms. The highest BCUT2D eigenvalue weighted by Gasteiger charge is 2.09. The lowest BCUT2D eigenvalue weighted by atomic mass is 10.1. The molecular formula is C17H16ClFN2O2. The minimum absolute atomic E-state index is 0.0151. The minimum atomic E-state index is -0.399. The predicted octanol–water partition coefficient (Wildman–Crippen LogP) is 3.08. The molecule has 2 rings (SSSR count). The minimum Gasteiger partial charge on any atom is -0.347 e. The smallest absolute Gasteiger partial charge is 0.243 e. The Labute approximate surface area is 138 Å². The number of carbonyl (C=O) groups is 2. The average molecular weight is 335 g/mol. The number of aryl methyl sites for hydroxylation is 1. The number of amides is 2. The van der Waals surface area contributed by atoms with E-state index in [1.807, 2.05) is 6.92 Å². The van der Waals surface area contributed by atoms with Gasteiger partial charge in [-0.05, 0) is 42.3 Å². The van der Waals surface area contributed by atoms with Crippen molar-refractivity contribution >= 4 is 29.1 Å². The molecule has 2 amide bonds. The van der Waals surface area contributed by atoms with Crippen molar-refractivity contribution in [3.05, 3.63) is 64.4 Å². The maximum Gasteiger partial charge on any atom is 0.243 e.